The Morgan fingerprint density at radius 1 is 1.50 bits per heavy atom. The first-order valence-corrected chi connectivity index (χ1v) is 9.67. The van der Waals surface area contributed by atoms with E-state index in [1.165, 1.54) is 12.7 Å². The summed E-state index contributed by atoms with van der Waals surface area (Å²) >= 11 is 0. The number of phosphoric acid groups is 1. The van der Waals surface area contributed by atoms with Gasteiger partial charge in [0.2, 0.25) is 0 Å². The number of anilines is 1. The van der Waals surface area contributed by atoms with Crippen molar-refractivity contribution >= 4 is 24.8 Å². The number of aliphatic hydroxyl groups excluding tert-OH is 1. The second-order valence-corrected chi connectivity index (χ2v) is 8.04. The fourth-order valence-corrected chi connectivity index (χ4v) is 4.62. The fraction of sp³-hybridized carbons (Fsp3) is 0.643. The molecule has 0 aromatic carbocycles. The standard InChI is InChI=1S/C14H20N5O6P/c1-3-14-4-7(25-26(21,22)23-2)8(14)10(20)13(24-14)19-6-18-9-11(15)16-5-17-12(9)19/h5-8,10,13,20H,3-4H2,1-2H3,(H,21,22)(H2,15,16,17)/t7?,8?,10?,13-,14+/m1/s1. The van der Waals surface area contributed by atoms with Gasteiger partial charge in [0.25, 0.3) is 0 Å². The summed E-state index contributed by atoms with van der Waals surface area (Å²) in [6.07, 6.45) is 1.37. The molecule has 26 heavy (non-hydrogen) atoms. The van der Waals surface area contributed by atoms with Crippen molar-refractivity contribution in [2.75, 3.05) is 12.8 Å². The molecule has 6 atom stereocenters. The number of imidazole rings is 1. The molecule has 2 aromatic rings. The minimum Gasteiger partial charge on any atom is -0.388 e. The van der Waals surface area contributed by atoms with Crippen LogP contribution in [0.2, 0.25) is 0 Å². The number of aromatic nitrogens is 4. The van der Waals surface area contributed by atoms with Gasteiger partial charge in [-0.1, -0.05) is 6.92 Å². The molecule has 0 bridgehead atoms. The van der Waals surface area contributed by atoms with Gasteiger partial charge in [0, 0.05) is 19.4 Å². The van der Waals surface area contributed by atoms with Gasteiger partial charge >= 0.3 is 7.82 Å². The first-order valence-electron chi connectivity index (χ1n) is 8.17. The van der Waals surface area contributed by atoms with E-state index in [1.54, 1.807) is 4.57 Å². The highest BCUT2D eigenvalue weighted by Crippen LogP contribution is 2.60. The smallest absolute Gasteiger partial charge is 0.388 e. The molecule has 11 nitrogen and oxygen atoms in total. The zero-order valence-corrected chi connectivity index (χ0v) is 15.1. The molecule has 2 aliphatic rings. The Balaban J connectivity index is 1.66. The average molecular weight is 385 g/mol. The number of fused-ring (bicyclic) bond motifs is 2. The van der Waals surface area contributed by atoms with E-state index in [-0.39, 0.29) is 5.82 Å². The summed E-state index contributed by atoms with van der Waals surface area (Å²) in [5.74, 6) is -0.248. The Morgan fingerprint density at radius 2 is 2.27 bits per heavy atom. The van der Waals surface area contributed by atoms with Crippen LogP contribution in [0.5, 0.6) is 0 Å². The molecule has 0 amide bonds. The lowest BCUT2D eigenvalue weighted by Crippen LogP contribution is -2.58. The van der Waals surface area contributed by atoms with Gasteiger partial charge in [-0.3, -0.25) is 13.6 Å². The average Bonchev–Trinajstić information content (AvgIpc) is 3.10. The second-order valence-electron chi connectivity index (χ2n) is 6.53. The summed E-state index contributed by atoms with van der Waals surface area (Å²) in [5.41, 5.74) is 6.01. The van der Waals surface area contributed by atoms with Crippen LogP contribution in [-0.4, -0.2) is 54.4 Å². The lowest BCUT2D eigenvalue weighted by molar-refractivity contribution is -0.174. The van der Waals surface area contributed by atoms with E-state index in [2.05, 4.69) is 19.5 Å². The van der Waals surface area contributed by atoms with E-state index in [9.17, 15) is 14.6 Å². The summed E-state index contributed by atoms with van der Waals surface area (Å²) in [6, 6.07) is 0. The number of hydrogen-bond acceptors (Lipinski definition) is 9. The highest BCUT2D eigenvalue weighted by Gasteiger charge is 2.66. The fourth-order valence-electron chi connectivity index (χ4n) is 3.99. The number of nitrogens with zero attached hydrogens (tertiary/aromatic N) is 4. The SMILES string of the molecule is CC[C@]12CC(OP(=O)(O)OC)C1C(O)[C@H](n1cnc3c(N)ncnc31)O2. The van der Waals surface area contributed by atoms with Gasteiger partial charge in [-0.25, -0.2) is 19.5 Å². The van der Waals surface area contributed by atoms with Crippen molar-refractivity contribution in [3.63, 3.8) is 0 Å². The molecule has 12 heteroatoms. The molecule has 3 heterocycles. The normalized spacial score (nSPS) is 35.8. The van der Waals surface area contributed by atoms with Gasteiger partial charge < -0.3 is 20.5 Å². The zero-order chi connectivity index (χ0) is 18.7. The quantitative estimate of drug-likeness (QED) is 0.623. The van der Waals surface area contributed by atoms with E-state index in [0.717, 1.165) is 7.11 Å². The van der Waals surface area contributed by atoms with Crippen molar-refractivity contribution in [3.8, 4) is 0 Å². The van der Waals surface area contributed by atoms with Crippen molar-refractivity contribution in [3.05, 3.63) is 12.7 Å². The molecule has 0 radical (unpaired) electrons. The van der Waals surface area contributed by atoms with Crippen LogP contribution in [0.15, 0.2) is 12.7 Å². The molecule has 2 fully saturated rings. The Kier molecular flexibility index (Phi) is 4.07. The molecule has 1 aliphatic heterocycles. The van der Waals surface area contributed by atoms with Crippen molar-refractivity contribution in [1.29, 1.82) is 0 Å². The first kappa shape index (κ1) is 17.8. The maximum Gasteiger partial charge on any atom is 0.472 e. The molecule has 142 valence electrons. The molecule has 4 N–H and O–H groups in total. The Morgan fingerprint density at radius 3 is 2.96 bits per heavy atom. The number of aliphatic hydroxyl groups is 1. The first-order chi connectivity index (χ1) is 12.3. The van der Waals surface area contributed by atoms with E-state index < -0.39 is 37.8 Å². The van der Waals surface area contributed by atoms with Crippen LogP contribution in [0.1, 0.15) is 26.0 Å². The van der Waals surface area contributed by atoms with Crippen molar-refractivity contribution in [2.45, 2.75) is 43.8 Å². The number of rotatable bonds is 5. The van der Waals surface area contributed by atoms with Crippen LogP contribution in [0.4, 0.5) is 5.82 Å². The second kappa shape index (κ2) is 5.95. The van der Waals surface area contributed by atoms with E-state index >= 15 is 0 Å². The largest absolute Gasteiger partial charge is 0.472 e. The lowest BCUT2D eigenvalue weighted by Gasteiger charge is -2.49. The van der Waals surface area contributed by atoms with Gasteiger partial charge in [-0.05, 0) is 6.42 Å². The minimum absolute atomic E-state index is 0.233. The molecule has 1 aliphatic carbocycles. The Labute approximate surface area is 148 Å². The number of phosphoric ester groups is 1. The molecule has 1 saturated heterocycles. The lowest BCUT2D eigenvalue weighted by atomic mass is 9.64. The highest BCUT2D eigenvalue weighted by atomic mass is 31.2. The summed E-state index contributed by atoms with van der Waals surface area (Å²) in [4.78, 5) is 21.8. The number of ether oxygens (including phenoxy) is 1. The molecule has 4 rings (SSSR count). The molecule has 0 spiro atoms. The van der Waals surface area contributed by atoms with Crippen LogP contribution >= 0.6 is 7.82 Å². The van der Waals surface area contributed by atoms with Gasteiger partial charge in [0.05, 0.1) is 18.0 Å². The minimum atomic E-state index is -4.16. The summed E-state index contributed by atoms with van der Waals surface area (Å²) in [7, 11) is -3.06. The Hall–Kier alpha value is -1.62. The van der Waals surface area contributed by atoms with E-state index in [0.29, 0.717) is 24.0 Å². The number of nitrogens with two attached hydrogens (primary N) is 1. The van der Waals surface area contributed by atoms with Gasteiger partial charge in [-0.2, -0.15) is 0 Å². The molecular weight excluding hydrogens is 365 g/mol. The third kappa shape index (κ3) is 2.47. The van der Waals surface area contributed by atoms with Crippen molar-refractivity contribution in [1.82, 2.24) is 19.5 Å². The molecule has 1 saturated carbocycles. The summed E-state index contributed by atoms with van der Waals surface area (Å²) < 4.78 is 29.2. The van der Waals surface area contributed by atoms with Crippen LogP contribution in [0.3, 0.4) is 0 Å². The van der Waals surface area contributed by atoms with Crippen molar-refractivity contribution < 1.29 is 28.3 Å². The topological polar surface area (TPSA) is 155 Å². The summed E-state index contributed by atoms with van der Waals surface area (Å²) in [5, 5.41) is 10.9. The maximum atomic E-state index is 11.7. The molecular formula is C14H20N5O6P. The van der Waals surface area contributed by atoms with E-state index in [4.69, 9.17) is 15.0 Å². The molecule has 2 aromatic heterocycles. The highest BCUT2D eigenvalue weighted by molar-refractivity contribution is 7.47. The third-order valence-corrected chi connectivity index (χ3v) is 6.33. The van der Waals surface area contributed by atoms with Gasteiger partial charge in [0.15, 0.2) is 17.7 Å². The number of nitrogen functional groups attached to an aromatic ring is 1. The van der Waals surface area contributed by atoms with Crippen LogP contribution < -0.4 is 5.73 Å². The number of hydrogen-bond donors (Lipinski definition) is 3. The van der Waals surface area contributed by atoms with E-state index in [1.807, 2.05) is 6.92 Å². The third-order valence-electron chi connectivity index (χ3n) is 5.33. The molecule has 4 unspecified atom stereocenters. The van der Waals surface area contributed by atoms with Crippen LogP contribution in [0.25, 0.3) is 11.2 Å². The van der Waals surface area contributed by atoms with Crippen LogP contribution in [-0.2, 0) is 18.3 Å². The van der Waals surface area contributed by atoms with Crippen LogP contribution in [0, 0.1) is 5.92 Å². The zero-order valence-electron chi connectivity index (χ0n) is 14.2. The Bertz CT molecular complexity index is 892. The summed E-state index contributed by atoms with van der Waals surface area (Å²) in [6.45, 7) is 1.93. The van der Waals surface area contributed by atoms with Crippen molar-refractivity contribution in [2.24, 2.45) is 5.92 Å². The van der Waals surface area contributed by atoms with Gasteiger partial charge in [0.1, 0.15) is 17.9 Å². The maximum absolute atomic E-state index is 11.7. The monoisotopic (exact) mass is 385 g/mol. The van der Waals surface area contributed by atoms with Gasteiger partial charge in [-0.15, -0.1) is 0 Å². The predicted molar refractivity (Wildman–Crippen MR) is 88.7 cm³/mol. The predicted octanol–water partition coefficient (Wildman–Crippen LogP) is 0.599.